The maximum absolute atomic E-state index is 10.2. The molecule has 0 aliphatic carbocycles. The molecule has 24 heavy (non-hydrogen) atoms. The van der Waals surface area contributed by atoms with Gasteiger partial charge < -0.3 is 24.6 Å². The zero-order chi connectivity index (χ0) is 17.0. The van der Waals surface area contributed by atoms with Crippen LogP contribution in [0.3, 0.4) is 0 Å². The zero-order valence-corrected chi connectivity index (χ0v) is 13.8. The molecule has 3 aromatic rings. The second-order valence-electron chi connectivity index (χ2n) is 5.84. The van der Waals surface area contributed by atoms with Crippen LogP contribution < -0.4 is 0 Å². The quantitative estimate of drug-likeness (QED) is 0.644. The SMILES string of the molecule is OC[C@H]1OC(n2cnc3cc4cc(Cl)c(Cl)cc4cc32)[C@H](O)[C@@H]1O. The van der Waals surface area contributed by atoms with Crippen molar-refractivity contribution < 1.29 is 20.1 Å². The molecule has 1 unspecified atom stereocenters. The van der Waals surface area contributed by atoms with Crippen molar-refractivity contribution in [1.82, 2.24) is 9.55 Å². The number of nitrogens with zero attached hydrogens (tertiary/aromatic N) is 2. The molecule has 0 saturated carbocycles. The Labute approximate surface area is 146 Å². The largest absolute Gasteiger partial charge is 0.394 e. The van der Waals surface area contributed by atoms with Crippen molar-refractivity contribution in [3.63, 3.8) is 0 Å². The van der Waals surface area contributed by atoms with Crippen LogP contribution >= 0.6 is 23.2 Å². The van der Waals surface area contributed by atoms with E-state index in [1.165, 1.54) is 6.33 Å². The molecule has 0 amide bonds. The summed E-state index contributed by atoms with van der Waals surface area (Å²) in [6, 6.07) is 7.26. The first kappa shape index (κ1) is 16.1. The molecule has 8 heteroatoms. The van der Waals surface area contributed by atoms with E-state index >= 15 is 0 Å². The summed E-state index contributed by atoms with van der Waals surface area (Å²) in [6.45, 7) is -0.377. The monoisotopic (exact) mass is 368 g/mol. The van der Waals surface area contributed by atoms with Gasteiger partial charge in [0.2, 0.25) is 0 Å². The van der Waals surface area contributed by atoms with E-state index in [2.05, 4.69) is 4.98 Å². The summed E-state index contributed by atoms with van der Waals surface area (Å²) in [5, 5.41) is 32.0. The van der Waals surface area contributed by atoms with E-state index in [1.54, 1.807) is 16.7 Å². The Morgan fingerprint density at radius 2 is 1.71 bits per heavy atom. The lowest BCUT2D eigenvalue weighted by molar-refractivity contribution is -0.0508. The number of halogens is 2. The lowest BCUT2D eigenvalue weighted by Gasteiger charge is -2.17. The van der Waals surface area contributed by atoms with Gasteiger partial charge in [-0.3, -0.25) is 0 Å². The molecule has 4 atom stereocenters. The van der Waals surface area contributed by atoms with Crippen LogP contribution in [0.2, 0.25) is 10.0 Å². The lowest BCUT2D eigenvalue weighted by atomic mass is 10.1. The average Bonchev–Trinajstić information content (AvgIpc) is 3.08. The van der Waals surface area contributed by atoms with E-state index in [9.17, 15) is 15.3 Å². The summed E-state index contributed by atoms with van der Waals surface area (Å²) in [7, 11) is 0. The molecule has 1 aliphatic heterocycles. The molecule has 0 radical (unpaired) electrons. The van der Waals surface area contributed by atoms with Crippen LogP contribution in [0.4, 0.5) is 0 Å². The van der Waals surface area contributed by atoms with E-state index in [-0.39, 0.29) is 6.61 Å². The Balaban J connectivity index is 1.85. The van der Waals surface area contributed by atoms with Crippen LogP contribution in [0.25, 0.3) is 21.8 Å². The van der Waals surface area contributed by atoms with Gasteiger partial charge >= 0.3 is 0 Å². The first-order valence-corrected chi connectivity index (χ1v) is 8.13. The van der Waals surface area contributed by atoms with Crippen LogP contribution in [0.5, 0.6) is 0 Å². The summed E-state index contributed by atoms with van der Waals surface area (Å²) < 4.78 is 7.21. The minimum absolute atomic E-state index is 0.377. The van der Waals surface area contributed by atoms with Crippen molar-refractivity contribution in [2.75, 3.05) is 6.61 Å². The van der Waals surface area contributed by atoms with Gasteiger partial charge in [-0.15, -0.1) is 0 Å². The zero-order valence-electron chi connectivity index (χ0n) is 12.3. The third-order valence-electron chi connectivity index (χ3n) is 4.36. The van der Waals surface area contributed by atoms with Crippen molar-refractivity contribution in [2.45, 2.75) is 24.5 Å². The number of aromatic nitrogens is 2. The standard InChI is InChI=1S/C16H14Cl2N2O4/c17-9-1-7-3-11-12(4-8(7)2-10(9)18)20(6-19-11)16-15(23)14(22)13(5-21)24-16/h1-4,6,13-16,21-23H,5H2/t13-,14-,15-,16?/m1/s1. The smallest absolute Gasteiger partial charge is 0.164 e. The van der Waals surface area contributed by atoms with E-state index < -0.39 is 24.5 Å². The Hall–Kier alpha value is -1.41. The maximum atomic E-state index is 10.2. The highest BCUT2D eigenvalue weighted by molar-refractivity contribution is 6.42. The van der Waals surface area contributed by atoms with Gasteiger partial charge in [-0.05, 0) is 35.0 Å². The van der Waals surface area contributed by atoms with Gasteiger partial charge in [0.15, 0.2) is 6.23 Å². The first-order chi connectivity index (χ1) is 11.5. The number of fused-ring (bicyclic) bond motifs is 2. The molecule has 6 nitrogen and oxygen atoms in total. The predicted molar refractivity (Wildman–Crippen MR) is 90.3 cm³/mol. The lowest BCUT2D eigenvalue weighted by Crippen LogP contribution is -2.33. The molecule has 4 rings (SSSR count). The topological polar surface area (TPSA) is 87.7 Å². The van der Waals surface area contributed by atoms with Crippen LogP contribution in [0.1, 0.15) is 6.23 Å². The van der Waals surface area contributed by atoms with E-state index in [4.69, 9.17) is 27.9 Å². The second-order valence-corrected chi connectivity index (χ2v) is 6.65. The summed E-state index contributed by atoms with van der Waals surface area (Å²) in [4.78, 5) is 4.33. The summed E-state index contributed by atoms with van der Waals surface area (Å²) in [6.07, 6.45) is -2.46. The van der Waals surface area contributed by atoms with Crippen molar-refractivity contribution in [2.24, 2.45) is 0 Å². The predicted octanol–water partition coefficient (Wildman–Crippen LogP) is 2.11. The van der Waals surface area contributed by atoms with E-state index in [0.29, 0.717) is 15.6 Å². The molecule has 3 N–H and O–H groups in total. The maximum Gasteiger partial charge on any atom is 0.164 e. The molecule has 126 valence electrons. The van der Waals surface area contributed by atoms with Crippen LogP contribution in [-0.2, 0) is 4.74 Å². The molecule has 2 aromatic carbocycles. The Morgan fingerprint density at radius 3 is 2.33 bits per heavy atom. The minimum Gasteiger partial charge on any atom is -0.394 e. The Kier molecular flexibility index (Phi) is 3.91. The second kappa shape index (κ2) is 5.84. The van der Waals surface area contributed by atoms with Gasteiger partial charge in [-0.1, -0.05) is 23.2 Å². The molecule has 1 aliphatic rings. The number of aliphatic hydroxyl groups excluding tert-OH is 3. The van der Waals surface area contributed by atoms with E-state index in [0.717, 1.165) is 16.3 Å². The van der Waals surface area contributed by atoms with E-state index in [1.807, 2.05) is 12.1 Å². The number of benzene rings is 2. The summed E-state index contributed by atoms with van der Waals surface area (Å²) in [5.41, 5.74) is 1.41. The Bertz CT molecular complexity index is 929. The highest BCUT2D eigenvalue weighted by atomic mass is 35.5. The molecule has 1 aromatic heterocycles. The molecule has 1 saturated heterocycles. The van der Waals surface area contributed by atoms with Gasteiger partial charge in [0.25, 0.3) is 0 Å². The molecule has 0 bridgehead atoms. The van der Waals surface area contributed by atoms with Gasteiger partial charge in [0.05, 0.1) is 34.0 Å². The Morgan fingerprint density at radius 1 is 1.04 bits per heavy atom. The third kappa shape index (κ3) is 2.38. The molecule has 2 heterocycles. The van der Waals surface area contributed by atoms with Gasteiger partial charge in [0.1, 0.15) is 18.3 Å². The third-order valence-corrected chi connectivity index (χ3v) is 5.09. The van der Waals surface area contributed by atoms with Crippen LogP contribution in [0, 0.1) is 0 Å². The van der Waals surface area contributed by atoms with Crippen molar-refractivity contribution >= 4 is 45.0 Å². The summed E-state index contributed by atoms with van der Waals surface area (Å²) in [5.74, 6) is 0. The molecule has 0 spiro atoms. The van der Waals surface area contributed by atoms with Gasteiger partial charge in [-0.25, -0.2) is 4.98 Å². The number of hydrogen-bond donors (Lipinski definition) is 3. The highest BCUT2D eigenvalue weighted by Gasteiger charge is 2.43. The van der Waals surface area contributed by atoms with Crippen molar-refractivity contribution in [1.29, 1.82) is 0 Å². The molecular formula is C16H14Cl2N2O4. The van der Waals surface area contributed by atoms with Gasteiger partial charge in [-0.2, -0.15) is 0 Å². The number of hydrogen-bond acceptors (Lipinski definition) is 5. The normalized spacial score (nSPS) is 27.4. The molecule has 1 fully saturated rings. The fourth-order valence-corrected chi connectivity index (χ4v) is 3.42. The number of ether oxygens (including phenoxy) is 1. The van der Waals surface area contributed by atoms with Crippen molar-refractivity contribution in [3.05, 3.63) is 40.6 Å². The van der Waals surface area contributed by atoms with Crippen molar-refractivity contribution in [3.8, 4) is 0 Å². The fourth-order valence-electron chi connectivity index (χ4n) is 3.08. The highest BCUT2D eigenvalue weighted by Crippen LogP contribution is 2.34. The fraction of sp³-hybridized carbons (Fsp3) is 0.312. The minimum atomic E-state index is -1.16. The summed E-state index contributed by atoms with van der Waals surface area (Å²) >= 11 is 12.1. The number of aliphatic hydroxyl groups is 3. The first-order valence-electron chi connectivity index (χ1n) is 7.37. The number of rotatable bonds is 2. The molecular weight excluding hydrogens is 355 g/mol. The number of imidazole rings is 1. The van der Waals surface area contributed by atoms with Crippen LogP contribution in [0.15, 0.2) is 30.6 Å². The average molecular weight is 369 g/mol. The van der Waals surface area contributed by atoms with Gasteiger partial charge in [0, 0.05) is 0 Å². The van der Waals surface area contributed by atoms with Crippen LogP contribution in [-0.4, -0.2) is 49.8 Å².